The van der Waals surface area contributed by atoms with E-state index in [1.165, 1.54) is 0 Å². The van der Waals surface area contributed by atoms with Crippen LogP contribution in [0, 0.1) is 12.8 Å². The summed E-state index contributed by atoms with van der Waals surface area (Å²) in [5.74, 6) is -0.503. The average molecular weight is 382 g/mol. The highest BCUT2D eigenvalue weighted by atomic mass is 16.2. The molecular formula is C21H26N4O3. The molecule has 0 fully saturated rings. The summed E-state index contributed by atoms with van der Waals surface area (Å²) >= 11 is 0. The topological polar surface area (TPSA) is 100 Å². The lowest BCUT2D eigenvalue weighted by molar-refractivity contribution is -0.124. The van der Waals surface area contributed by atoms with Crippen LogP contribution >= 0.6 is 0 Å². The molecule has 7 nitrogen and oxygen atoms in total. The molecule has 148 valence electrons. The Morgan fingerprint density at radius 3 is 2.50 bits per heavy atom. The van der Waals surface area contributed by atoms with Gasteiger partial charge in [-0.05, 0) is 37.1 Å². The number of benzene rings is 1. The summed E-state index contributed by atoms with van der Waals surface area (Å²) in [6, 6.07) is 11.7. The van der Waals surface area contributed by atoms with E-state index in [2.05, 4.69) is 20.9 Å². The molecule has 1 atom stereocenters. The van der Waals surface area contributed by atoms with Gasteiger partial charge < -0.3 is 16.0 Å². The van der Waals surface area contributed by atoms with E-state index < -0.39 is 6.04 Å². The fraction of sp³-hybridized carbons (Fsp3) is 0.333. The molecule has 1 heterocycles. The Labute approximate surface area is 164 Å². The van der Waals surface area contributed by atoms with Crippen molar-refractivity contribution in [3.63, 3.8) is 0 Å². The van der Waals surface area contributed by atoms with Crippen LogP contribution in [0.25, 0.3) is 0 Å². The fourth-order valence-corrected chi connectivity index (χ4v) is 2.60. The molecule has 28 heavy (non-hydrogen) atoms. The van der Waals surface area contributed by atoms with Gasteiger partial charge in [-0.15, -0.1) is 0 Å². The van der Waals surface area contributed by atoms with E-state index in [9.17, 15) is 14.4 Å². The minimum absolute atomic E-state index is 0.101. The van der Waals surface area contributed by atoms with Crippen LogP contribution in [0.3, 0.4) is 0 Å². The van der Waals surface area contributed by atoms with Gasteiger partial charge in [-0.2, -0.15) is 0 Å². The first kappa shape index (κ1) is 21.1. The molecule has 0 saturated carbocycles. The number of nitrogens with one attached hydrogen (secondary N) is 3. The molecule has 0 spiro atoms. The number of amides is 3. The molecule has 1 aromatic heterocycles. The molecular weight excluding hydrogens is 356 g/mol. The highest BCUT2D eigenvalue weighted by Gasteiger charge is 2.24. The molecule has 1 unspecified atom stereocenters. The van der Waals surface area contributed by atoms with Crippen molar-refractivity contribution in [1.29, 1.82) is 0 Å². The lowest BCUT2D eigenvalue weighted by atomic mass is 10.0. The van der Waals surface area contributed by atoms with E-state index in [1.54, 1.807) is 42.6 Å². The highest BCUT2D eigenvalue weighted by Crippen LogP contribution is 2.07. The maximum absolute atomic E-state index is 12.5. The first-order valence-corrected chi connectivity index (χ1v) is 9.23. The minimum atomic E-state index is -0.688. The molecule has 3 N–H and O–H groups in total. The summed E-state index contributed by atoms with van der Waals surface area (Å²) < 4.78 is 0. The van der Waals surface area contributed by atoms with Crippen molar-refractivity contribution in [3.05, 3.63) is 59.8 Å². The smallest absolute Gasteiger partial charge is 0.251 e. The van der Waals surface area contributed by atoms with Gasteiger partial charge in [0.15, 0.2) is 0 Å². The zero-order chi connectivity index (χ0) is 20.5. The Morgan fingerprint density at radius 2 is 1.86 bits per heavy atom. The maximum Gasteiger partial charge on any atom is 0.251 e. The van der Waals surface area contributed by atoms with Crippen molar-refractivity contribution < 1.29 is 14.4 Å². The van der Waals surface area contributed by atoms with E-state index in [1.807, 2.05) is 26.8 Å². The summed E-state index contributed by atoms with van der Waals surface area (Å²) in [5.41, 5.74) is 1.48. The van der Waals surface area contributed by atoms with Crippen LogP contribution in [-0.4, -0.2) is 35.3 Å². The van der Waals surface area contributed by atoms with Crippen molar-refractivity contribution in [2.75, 3.05) is 11.9 Å². The van der Waals surface area contributed by atoms with E-state index in [0.717, 1.165) is 5.56 Å². The average Bonchev–Trinajstić information content (AvgIpc) is 2.66. The van der Waals surface area contributed by atoms with Crippen LogP contribution in [0.5, 0.6) is 0 Å². The third kappa shape index (κ3) is 6.50. The van der Waals surface area contributed by atoms with Gasteiger partial charge in [-0.25, -0.2) is 4.98 Å². The summed E-state index contributed by atoms with van der Waals surface area (Å²) in [6.45, 7) is 5.78. The number of anilines is 1. The second kappa shape index (κ2) is 10.2. The Morgan fingerprint density at radius 1 is 1.07 bits per heavy atom. The lowest BCUT2D eigenvalue weighted by Crippen LogP contribution is -2.50. The Bertz CT molecular complexity index is 821. The predicted molar refractivity (Wildman–Crippen MR) is 108 cm³/mol. The zero-order valence-electron chi connectivity index (χ0n) is 16.4. The van der Waals surface area contributed by atoms with Gasteiger partial charge in [0.05, 0.1) is 0 Å². The molecule has 0 aliphatic carbocycles. The molecule has 0 bridgehead atoms. The van der Waals surface area contributed by atoms with Crippen LogP contribution in [0.2, 0.25) is 0 Å². The van der Waals surface area contributed by atoms with E-state index in [0.29, 0.717) is 11.4 Å². The molecule has 3 amide bonds. The first-order valence-electron chi connectivity index (χ1n) is 9.23. The van der Waals surface area contributed by atoms with Gasteiger partial charge in [0.25, 0.3) is 5.91 Å². The van der Waals surface area contributed by atoms with Crippen LogP contribution in [0.1, 0.15) is 36.2 Å². The number of hydrogen-bond donors (Lipinski definition) is 3. The number of carbonyl (C=O) groups is 3. The zero-order valence-corrected chi connectivity index (χ0v) is 16.4. The van der Waals surface area contributed by atoms with E-state index in [4.69, 9.17) is 0 Å². The maximum atomic E-state index is 12.5. The van der Waals surface area contributed by atoms with Crippen molar-refractivity contribution >= 4 is 23.5 Å². The third-order valence-corrected chi connectivity index (χ3v) is 4.10. The Kier molecular flexibility index (Phi) is 7.68. The number of nitrogens with zero attached hydrogens (tertiary/aromatic N) is 1. The standard InChI is InChI=1S/C21H26N4O3/c1-14(2)19(25-20(27)16-8-6-7-15(3)13-16)21(28)23-12-10-18(26)24-17-9-4-5-11-22-17/h4-9,11,13-14,19H,10,12H2,1-3H3,(H,23,28)(H,25,27)(H,22,24,26). The van der Waals surface area contributed by atoms with Gasteiger partial charge in [0, 0.05) is 24.7 Å². The van der Waals surface area contributed by atoms with Crippen LogP contribution in [0.15, 0.2) is 48.7 Å². The molecule has 0 saturated heterocycles. The molecule has 0 radical (unpaired) electrons. The highest BCUT2D eigenvalue weighted by molar-refractivity contribution is 5.98. The number of aryl methyl sites for hydroxylation is 1. The Hall–Kier alpha value is -3.22. The van der Waals surface area contributed by atoms with Gasteiger partial charge in [0.2, 0.25) is 11.8 Å². The lowest BCUT2D eigenvalue weighted by Gasteiger charge is -2.21. The predicted octanol–water partition coefficient (Wildman–Crippen LogP) is 2.29. The van der Waals surface area contributed by atoms with Crippen molar-refractivity contribution in [1.82, 2.24) is 15.6 Å². The van der Waals surface area contributed by atoms with E-state index in [-0.39, 0.29) is 36.6 Å². The van der Waals surface area contributed by atoms with Gasteiger partial charge in [-0.1, -0.05) is 37.6 Å². The van der Waals surface area contributed by atoms with Crippen molar-refractivity contribution in [2.24, 2.45) is 5.92 Å². The summed E-state index contributed by atoms with van der Waals surface area (Å²) in [5, 5.41) is 8.15. The normalized spacial score (nSPS) is 11.6. The van der Waals surface area contributed by atoms with E-state index >= 15 is 0 Å². The van der Waals surface area contributed by atoms with Gasteiger partial charge >= 0.3 is 0 Å². The van der Waals surface area contributed by atoms with Gasteiger partial charge in [0.1, 0.15) is 11.9 Å². The number of pyridine rings is 1. The van der Waals surface area contributed by atoms with Crippen LogP contribution in [-0.2, 0) is 9.59 Å². The quantitative estimate of drug-likeness (QED) is 0.652. The largest absolute Gasteiger partial charge is 0.354 e. The number of carbonyl (C=O) groups excluding carboxylic acids is 3. The summed E-state index contributed by atoms with van der Waals surface area (Å²) in [6.07, 6.45) is 1.69. The van der Waals surface area contributed by atoms with Gasteiger partial charge in [-0.3, -0.25) is 14.4 Å². The molecule has 0 aliphatic rings. The van der Waals surface area contributed by atoms with Crippen LogP contribution in [0.4, 0.5) is 5.82 Å². The SMILES string of the molecule is Cc1cccc(C(=O)NC(C(=O)NCCC(=O)Nc2ccccn2)C(C)C)c1. The second-order valence-corrected chi connectivity index (χ2v) is 6.87. The molecule has 0 aliphatic heterocycles. The molecule has 7 heteroatoms. The van der Waals surface area contributed by atoms with Crippen molar-refractivity contribution in [2.45, 2.75) is 33.2 Å². The minimum Gasteiger partial charge on any atom is -0.354 e. The summed E-state index contributed by atoms with van der Waals surface area (Å²) in [4.78, 5) is 40.9. The molecule has 1 aromatic carbocycles. The molecule has 2 rings (SSSR count). The first-order chi connectivity index (χ1) is 13.4. The monoisotopic (exact) mass is 382 g/mol. The Balaban J connectivity index is 1.85. The number of hydrogen-bond acceptors (Lipinski definition) is 4. The number of rotatable bonds is 8. The third-order valence-electron chi connectivity index (χ3n) is 4.10. The number of aromatic nitrogens is 1. The summed E-state index contributed by atoms with van der Waals surface area (Å²) in [7, 11) is 0. The molecule has 2 aromatic rings. The van der Waals surface area contributed by atoms with Crippen LogP contribution < -0.4 is 16.0 Å². The fourth-order valence-electron chi connectivity index (χ4n) is 2.60. The second-order valence-electron chi connectivity index (χ2n) is 6.87. The van der Waals surface area contributed by atoms with Crippen molar-refractivity contribution in [3.8, 4) is 0 Å².